The minimum absolute atomic E-state index is 0.256. The van der Waals surface area contributed by atoms with Crippen molar-refractivity contribution in [3.63, 3.8) is 0 Å². The minimum atomic E-state index is 0.256. The first-order valence-electron chi connectivity index (χ1n) is 6.79. The van der Waals surface area contributed by atoms with Crippen LogP contribution in [0.25, 0.3) is 0 Å². The van der Waals surface area contributed by atoms with Crippen LogP contribution in [0, 0.1) is 17.8 Å². The maximum Gasteiger partial charge on any atom is 0.166 e. The molecule has 0 heterocycles. The molecule has 1 aliphatic rings. The Morgan fingerprint density at radius 3 is 2.41 bits per heavy atom. The molecule has 1 nitrogen and oxygen atoms in total. The highest BCUT2D eigenvalue weighted by Gasteiger charge is 2.32. The third-order valence-electron chi connectivity index (χ3n) is 4.07. The summed E-state index contributed by atoms with van der Waals surface area (Å²) < 4.78 is 0. The lowest BCUT2D eigenvalue weighted by atomic mass is 9.71. The summed E-state index contributed by atoms with van der Waals surface area (Å²) in [5.74, 6) is 1.82. The second kappa shape index (κ2) is 5.48. The standard InChI is InChI=1S/C16H22O/c1-12(2)14-10-6-7-11-15(14)16(17)13-8-4-3-5-9-13/h3-5,8-9,12,14-15H,6-7,10-11H2,1-2H3/t14-,15?/m0/s1. The largest absolute Gasteiger partial charge is 0.294 e. The maximum absolute atomic E-state index is 12.5. The molecule has 1 unspecified atom stereocenters. The molecule has 0 spiro atoms. The molecule has 2 rings (SSSR count). The van der Waals surface area contributed by atoms with Crippen LogP contribution in [0.5, 0.6) is 0 Å². The fourth-order valence-electron chi connectivity index (χ4n) is 3.10. The second-order valence-electron chi connectivity index (χ2n) is 5.53. The summed E-state index contributed by atoms with van der Waals surface area (Å²) in [5.41, 5.74) is 0.894. The Hall–Kier alpha value is -1.11. The average molecular weight is 230 g/mol. The third-order valence-corrected chi connectivity index (χ3v) is 4.07. The zero-order valence-electron chi connectivity index (χ0n) is 10.9. The topological polar surface area (TPSA) is 17.1 Å². The Kier molecular flexibility index (Phi) is 3.98. The summed E-state index contributed by atoms with van der Waals surface area (Å²) in [6, 6.07) is 9.79. The molecule has 0 amide bonds. The number of hydrogen-bond donors (Lipinski definition) is 0. The molecule has 1 saturated carbocycles. The van der Waals surface area contributed by atoms with Crippen LogP contribution in [0.15, 0.2) is 30.3 Å². The first-order chi connectivity index (χ1) is 8.20. The number of carbonyl (C=O) groups is 1. The quantitative estimate of drug-likeness (QED) is 0.706. The summed E-state index contributed by atoms with van der Waals surface area (Å²) in [4.78, 5) is 12.5. The van der Waals surface area contributed by atoms with E-state index in [4.69, 9.17) is 0 Å². The van der Waals surface area contributed by atoms with Crippen molar-refractivity contribution in [2.75, 3.05) is 0 Å². The Labute approximate surface area is 104 Å². The molecule has 17 heavy (non-hydrogen) atoms. The summed E-state index contributed by atoms with van der Waals surface area (Å²) >= 11 is 0. The number of benzene rings is 1. The normalized spacial score (nSPS) is 24.9. The van der Waals surface area contributed by atoms with E-state index in [9.17, 15) is 4.79 Å². The lowest BCUT2D eigenvalue weighted by molar-refractivity contribution is 0.0776. The number of rotatable bonds is 3. The summed E-state index contributed by atoms with van der Waals surface area (Å²) in [6.07, 6.45) is 4.81. The van der Waals surface area contributed by atoms with E-state index in [-0.39, 0.29) is 5.92 Å². The molecule has 0 saturated heterocycles. The van der Waals surface area contributed by atoms with Crippen molar-refractivity contribution in [1.82, 2.24) is 0 Å². The smallest absolute Gasteiger partial charge is 0.166 e. The highest BCUT2D eigenvalue weighted by molar-refractivity contribution is 5.98. The van der Waals surface area contributed by atoms with E-state index >= 15 is 0 Å². The first-order valence-corrected chi connectivity index (χ1v) is 6.79. The molecule has 1 aromatic carbocycles. The van der Waals surface area contributed by atoms with E-state index in [2.05, 4.69) is 13.8 Å². The molecule has 2 atom stereocenters. The maximum atomic E-state index is 12.5. The first kappa shape index (κ1) is 12.3. The Bertz CT molecular complexity index is 366. The van der Waals surface area contributed by atoms with Gasteiger partial charge in [-0.3, -0.25) is 4.79 Å². The zero-order chi connectivity index (χ0) is 12.3. The van der Waals surface area contributed by atoms with Gasteiger partial charge in [0, 0.05) is 11.5 Å². The van der Waals surface area contributed by atoms with Crippen molar-refractivity contribution in [2.45, 2.75) is 39.5 Å². The summed E-state index contributed by atoms with van der Waals surface area (Å²) in [6.45, 7) is 4.50. The van der Waals surface area contributed by atoms with Gasteiger partial charge in [-0.25, -0.2) is 0 Å². The number of carbonyl (C=O) groups excluding carboxylic acids is 1. The Morgan fingerprint density at radius 1 is 1.12 bits per heavy atom. The Morgan fingerprint density at radius 2 is 1.76 bits per heavy atom. The highest BCUT2D eigenvalue weighted by Crippen LogP contribution is 2.36. The van der Waals surface area contributed by atoms with Gasteiger partial charge in [-0.2, -0.15) is 0 Å². The van der Waals surface area contributed by atoms with Crippen LogP contribution in [-0.2, 0) is 0 Å². The molecule has 0 bridgehead atoms. The van der Waals surface area contributed by atoms with Gasteiger partial charge < -0.3 is 0 Å². The SMILES string of the molecule is CC(C)[C@@H]1CCCCC1C(=O)c1ccccc1. The fourth-order valence-corrected chi connectivity index (χ4v) is 3.10. The van der Waals surface area contributed by atoms with Gasteiger partial charge in [0.15, 0.2) is 5.78 Å². The van der Waals surface area contributed by atoms with E-state index in [1.54, 1.807) is 0 Å². The molecule has 92 valence electrons. The van der Waals surface area contributed by atoms with E-state index in [1.807, 2.05) is 30.3 Å². The van der Waals surface area contributed by atoms with Gasteiger partial charge in [0.2, 0.25) is 0 Å². The molecule has 1 fully saturated rings. The molecule has 1 aromatic rings. The van der Waals surface area contributed by atoms with Crippen LogP contribution >= 0.6 is 0 Å². The lowest BCUT2D eigenvalue weighted by Gasteiger charge is -2.33. The summed E-state index contributed by atoms with van der Waals surface area (Å²) in [5, 5.41) is 0. The van der Waals surface area contributed by atoms with Gasteiger partial charge in [-0.1, -0.05) is 57.0 Å². The monoisotopic (exact) mass is 230 g/mol. The molecule has 1 aliphatic carbocycles. The molecular weight excluding hydrogens is 208 g/mol. The molecule has 0 N–H and O–H groups in total. The predicted octanol–water partition coefficient (Wildman–Crippen LogP) is 4.33. The third kappa shape index (κ3) is 2.77. The van der Waals surface area contributed by atoms with Gasteiger partial charge in [-0.05, 0) is 24.7 Å². The molecule has 0 aromatic heterocycles. The second-order valence-corrected chi connectivity index (χ2v) is 5.53. The van der Waals surface area contributed by atoms with E-state index in [1.165, 1.54) is 19.3 Å². The van der Waals surface area contributed by atoms with Gasteiger partial charge in [-0.15, -0.1) is 0 Å². The zero-order valence-corrected chi connectivity index (χ0v) is 10.9. The van der Waals surface area contributed by atoms with E-state index < -0.39 is 0 Å². The van der Waals surface area contributed by atoms with Crippen LogP contribution < -0.4 is 0 Å². The predicted molar refractivity (Wildman–Crippen MR) is 71.1 cm³/mol. The molecule has 1 heteroatoms. The fraction of sp³-hybridized carbons (Fsp3) is 0.562. The van der Waals surface area contributed by atoms with Crippen molar-refractivity contribution >= 4 is 5.78 Å². The number of hydrogen-bond acceptors (Lipinski definition) is 1. The average Bonchev–Trinajstić information content (AvgIpc) is 2.39. The number of Topliss-reactive ketones (excluding diaryl/α,β-unsaturated/α-hetero) is 1. The van der Waals surface area contributed by atoms with Crippen molar-refractivity contribution in [3.05, 3.63) is 35.9 Å². The van der Waals surface area contributed by atoms with Crippen LogP contribution in [0.3, 0.4) is 0 Å². The van der Waals surface area contributed by atoms with Crippen LogP contribution in [0.2, 0.25) is 0 Å². The van der Waals surface area contributed by atoms with Crippen molar-refractivity contribution in [2.24, 2.45) is 17.8 Å². The molecule has 0 aliphatic heterocycles. The Balaban J connectivity index is 2.17. The van der Waals surface area contributed by atoms with Gasteiger partial charge in [0.05, 0.1) is 0 Å². The van der Waals surface area contributed by atoms with Crippen LogP contribution in [-0.4, -0.2) is 5.78 Å². The number of ketones is 1. The van der Waals surface area contributed by atoms with Crippen LogP contribution in [0.1, 0.15) is 49.9 Å². The van der Waals surface area contributed by atoms with Crippen LogP contribution in [0.4, 0.5) is 0 Å². The summed E-state index contributed by atoms with van der Waals surface area (Å²) in [7, 11) is 0. The molecular formula is C16H22O. The highest BCUT2D eigenvalue weighted by atomic mass is 16.1. The lowest BCUT2D eigenvalue weighted by Crippen LogP contribution is -2.30. The molecule has 0 radical (unpaired) electrons. The van der Waals surface area contributed by atoms with Crippen molar-refractivity contribution in [3.8, 4) is 0 Å². The minimum Gasteiger partial charge on any atom is -0.294 e. The van der Waals surface area contributed by atoms with E-state index in [0.717, 1.165) is 12.0 Å². The van der Waals surface area contributed by atoms with Crippen molar-refractivity contribution < 1.29 is 4.79 Å². The van der Waals surface area contributed by atoms with Crippen molar-refractivity contribution in [1.29, 1.82) is 0 Å². The van der Waals surface area contributed by atoms with Gasteiger partial charge in [0.1, 0.15) is 0 Å². The van der Waals surface area contributed by atoms with Gasteiger partial charge in [0.25, 0.3) is 0 Å². The van der Waals surface area contributed by atoms with E-state index in [0.29, 0.717) is 17.6 Å². The van der Waals surface area contributed by atoms with Gasteiger partial charge >= 0.3 is 0 Å².